The summed E-state index contributed by atoms with van der Waals surface area (Å²) in [5.41, 5.74) is 0.341. The van der Waals surface area contributed by atoms with E-state index in [4.69, 9.17) is 0 Å². The molecule has 0 aromatic rings. The Labute approximate surface area is 145 Å². The molecule has 5 fully saturated rings. The molecule has 3 atom stereocenters. The van der Waals surface area contributed by atoms with Gasteiger partial charge in [-0.2, -0.15) is 0 Å². The fourth-order valence-corrected chi connectivity index (χ4v) is 9.48. The van der Waals surface area contributed by atoms with Gasteiger partial charge in [-0.3, -0.25) is 4.79 Å². The number of rotatable bonds is 3. The first kappa shape index (κ1) is 16.8. The maximum absolute atomic E-state index is 13.4. The molecule has 0 aromatic heterocycles. The van der Waals surface area contributed by atoms with Gasteiger partial charge in [0.1, 0.15) is 0 Å². The highest BCUT2D eigenvalue weighted by atomic mass is 32.2. The topological polar surface area (TPSA) is 75.3 Å². The van der Waals surface area contributed by atoms with Crippen molar-refractivity contribution in [2.75, 3.05) is 6.54 Å². The normalized spacial score (nSPS) is 48.2. The lowest BCUT2D eigenvalue weighted by atomic mass is 9.45. The highest BCUT2D eigenvalue weighted by molar-refractivity contribution is 7.90. The summed E-state index contributed by atoms with van der Waals surface area (Å²) in [7, 11) is -3.42. The van der Waals surface area contributed by atoms with Gasteiger partial charge in [0.25, 0.3) is 0 Å². The van der Waals surface area contributed by atoms with Crippen molar-refractivity contribution in [2.24, 2.45) is 16.7 Å². The monoisotopic (exact) mass is 354 g/mol. The number of hydrogen-bond acceptors (Lipinski definition) is 3. The SMILES string of the molecule is CC12CC3CC(C)(C1)CC(S(=O)(=O)N[C@H]1CCCNC(=O)C1)(C3)C2. The fraction of sp³-hybridized carbons (Fsp3) is 0.944. The molecule has 4 saturated carbocycles. The zero-order valence-corrected chi connectivity index (χ0v) is 15.7. The van der Waals surface area contributed by atoms with Crippen LogP contribution in [0, 0.1) is 16.7 Å². The minimum atomic E-state index is -3.42. The van der Waals surface area contributed by atoms with Gasteiger partial charge in [-0.05, 0) is 68.1 Å². The third-order valence-corrected chi connectivity index (χ3v) is 9.19. The van der Waals surface area contributed by atoms with Crippen molar-refractivity contribution < 1.29 is 13.2 Å². The van der Waals surface area contributed by atoms with Gasteiger partial charge in [0.05, 0.1) is 4.75 Å². The van der Waals surface area contributed by atoms with E-state index in [1.165, 1.54) is 19.3 Å². The molecule has 0 radical (unpaired) electrons. The van der Waals surface area contributed by atoms with Crippen molar-refractivity contribution in [2.45, 2.75) is 82.4 Å². The molecule has 5 aliphatic rings. The van der Waals surface area contributed by atoms with E-state index >= 15 is 0 Å². The summed E-state index contributed by atoms with van der Waals surface area (Å²) in [6.07, 6.45) is 7.79. The van der Waals surface area contributed by atoms with E-state index in [1.807, 2.05) is 0 Å². The van der Waals surface area contributed by atoms with E-state index in [9.17, 15) is 13.2 Å². The van der Waals surface area contributed by atoms with Crippen molar-refractivity contribution in [1.82, 2.24) is 10.0 Å². The lowest BCUT2D eigenvalue weighted by molar-refractivity contribution is -0.121. The Kier molecular flexibility index (Phi) is 3.64. The first-order chi connectivity index (χ1) is 11.1. The number of sulfonamides is 1. The zero-order chi connectivity index (χ0) is 17.2. The Balaban J connectivity index is 1.61. The van der Waals surface area contributed by atoms with E-state index in [-0.39, 0.29) is 29.2 Å². The van der Waals surface area contributed by atoms with Gasteiger partial charge < -0.3 is 5.32 Å². The highest BCUT2D eigenvalue weighted by Crippen LogP contribution is 2.68. The molecule has 24 heavy (non-hydrogen) atoms. The van der Waals surface area contributed by atoms with Gasteiger partial charge in [-0.15, -0.1) is 0 Å². The third-order valence-electron chi connectivity index (χ3n) is 6.95. The Morgan fingerprint density at radius 3 is 2.38 bits per heavy atom. The number of amides is 1. The number of nitrogens with one attached hydrogen (secondary N) is 2. The summed E-state index contributed by atoms with van der Waals surface area (Å²) in [5, 5.41) is 2.83. The molecule has 6 heteroatoms. The van der Waals surface area contributed by atoms with Crippen LogP contribution < -0.4 is 10.0 Å². The first-order valence-corrected chi connectivity index (χ1v) is 10.9. The van der Waals surface area contributed by atoms with E-state index in [0.717, 1.165) is 32.1 Å². The Hall–Kier alpha value is -0.620. The van der Waals surface area contributed by atoms with E-state index < -0.39 is 14.8 Å². The molecule has 2 N–H and O–H groups in total. The fourth-order valence-electron chi connectivity index (χ4n) is 7.06. The van der Waals surface area contributed by atoms with Crippen LogP contribution in [-0.4, -0.2) is 31.7 Å². The summed E-state index contributed by atoms with van der Waals surface area (Å²) >= 11 is 0. The maximum Gasteiger partial charge on any atom is 0.221 e. The molecule has 1 amide bonds. The lowest BCUT2D eigenvalue weighted by Gasteiger charge is -2.64. The molecule has 5 rings (SSSR count). The van der Waals surface area contributed by atoms with Crippen LogP contribution >= 0.6 is 0 Å². The van der Waals surface area contributed by atoms with Crippen LogP contribution in [0.2, 0.25) is 0 Å². The average molecular weight is 355 g/mol. The average Bonchev–Trinajstić information content (AvgIpc) is 2.58. The van der Waals surface area contributed by atoms with Crippen LogP contribution in [0.15, 0.2) is 0 Å². The minimum Gasteiger partial charge on any atom is -0.356 e. The van der Waals surface area contributed by atoms with Crippen LogP contribution in [-0.2, 0) is 14.8 Å². The second-order valence-corrected chi connectivity index (χ2v) is 11.9. The standard InChI is InChI=1S/C18H30N2O3S/c1-16-7-13-8-17(2,10-16)12-18(9-13,11-16)24(22,23)20-14-4-3-5-19-15(21)6-14/h13-14,20H,3-12H2,1-2H3,(H,19,21)/t13?,14-,16?,17?,18?/m0/s1. The van der Waals surface area contributed by atoms with Gasteiger partial charge in [0.15, 0.2) is 0 Å². The first-order valence-electron chi connectivity index (χ1n) is 9.41. The molecule has 5 nitrogen and oxygen atoms in total. The van der Waals surface area contributed by atoms with Crippen LogP contribution in [0.25, 0.3) is 0 Å². The number of carbonyl (C=O) groups is 1. The van der Waals surface area contributed by atoms with E-state index in [0.29, 0.717) is 12.5 Å². The Morgan fingerprint density at radius 1 is 1.08 bits per heavy atom. The van der Waals surface area contributed by atoms with Crippen molar-refractivity contribution in [1.29, 1.82) is 0 Å². The van der Waals surface area contributed by atoms with Crippen LogP contribution in [0.5, 0.6) is 0 Å². The van der Waals surface area contributed by atoms with Gasteiger partial charge in [0, 0.05) is 19.0 Å². The molecule has 2 unspecified atom stereocenters. The molecule has 0 aromatic carbocycles. The Bertz CT molecular complexity index is 641. The van der Waals surface area contributed by atoms with Gasteiger partial charge >= 0.3 is 0 Å². The largest absolute Gasteiger partial charge is 0.356 e. The molecule has 1 saturated heterocycles. The summed E-state index contributed by atoms with van der Waals surface area (Å²) in [6.45, 7) is 5.23. The predicted molar refractivity (Wildman–Crippen MR) is 92.8 cm³/mol. The molecule has 136 valence electrons. The van der Waals surface area contributed by atoms with Crippen LogP contribution in [0.4, 0.5) is 0 Å². The van der Waals surface area contributed by atoms with Gasteiger partial charge in [-0.25, -0.2) is 13.1 Å². The summed E-state index contributed by atoms with van der Waals surface area (Å²) in [5.74, 6) is 0.509. The van der Waals surface area contributed by atoms with Crippen molar-refractivity contribution in [3.05, 3.63) is 0 Å². The minimum absolute atomic E-state index is 0.0374. The van der Waals surface area contributed by atoms with Gasteiger partial charge in [0.2, 0.25) is 15.9 Å². The van der Waals surface area contributed by atoms with Gasteiger partial charge in [-0.1, -0.05) is 13.8 Å². The second-order valence-electron chi connectivity index (χ2n) is 9.83. The summed E-state index contributed by atoms with van der Waals surface area (Å²) in [6, 6.07) is -0.244. The second kappa shape index (κ2) is 5.19. The lowest BCUT2D eigenvalue weighted by Crippen LogP contribution is -2.64. The maximum atomic E-state index is 13.4. The van der Waals surface area contributed by atoms with Crippen molar-refractivity contribution >= 4 is 15.9 Å². The summed E-state index contributed by atoms with van der Waals surface area (Å²) < 4.78 is 29.2. The Morgan fingerprint density at radius 2 is 1.75 bits per heavy atom. The zero-order valence-electron chi connectivity index (χ0n) is 14.9. The molecule has 1 heterocycles. The molecule has 4 aliphatic carbocycles. The van der Waals surface area contributed by atoms with Crippen molar-refractivity contribution in [3.8, 4) is 0 Å². The van der Waals surface area contributed by atoms with Crippen LogP contribution in [0.3, 0.4) is 0 Å². The molecule has 4 bridgehead atoms. The highest BCUT2D eigenvalue weighted by Gasteiger charge is 2.64. The number of carbonyl (C=O) groups excluding carboxylic acids is 1. The molecule has 1 aliphatic heterocycles. The quantitative estimate of drug-likeness (QED) is 0.817. The third kappa shape index (κ3) is 2.70. The molecular weight excluding hydrogens is 324 g/mol. The van der Waals surface area contributed by atoms with Crippen molar-refractivity contribution in [3.63, 3.8) is 0 Å². The smallest absolute Gasteiger partial charge is 0.221 e. The van der Waals surface area contributed by atoms with E-state index in [1.54, 1.807) is 0 Å². The van der Waals surface area contributed by atoms with Crippen LogP contribution in [0.1, 0.15) is 71.6 Å². The molecular formula is C18H30N2O3S. The predicted octanol–water partition coefficient (Wildman–Crippen LogP) is 2.32. The van der Waals surface area contributed by atoms with E-state index in [2.05, 4.69) is 23.9 Å². The summed E-state index contributed by atoms with van der Waals surface area (Å²) in [4.78, 5) is 11.8. The number of hydrogen-bond donors (Lipinski definition) is 2. The molecule has 0 spiro atoms.